The zero-order valence-electron chi connectivity index (χ0n) is 11.1. The zero-order chi connectivity index (χ0) is 13.8. The lowest BCUT2D eigenvalue weighted by Gasteiger charge is -2.15. The summed E-state index contributed by atoms with van der Waals surface area (Å²) in [4.78, 5) is 0. The molecule has 2 rings (SSSR count). The molecule has 19 heavy (non-hydrogen) atoms. The second kappa shape index (κ2) is 6.31. The van der Waals surface area contributed by atoms with Crippen LogP contribution in [0.5, 0.6) is 0 Å². The molecule has 0 radical (unpaired) electrons. The van der Waals surface area contributed by atoms with E-state index in [1.807, 2.05) is 6.07 Å². The highest BCUT2D eigenvalue weighted by Gasteiger charge is 2.08. The standard InChI is InChI=1S/C16H17BrFN/c1-11-5-3-6-13(9-11)12(2)19-10-14-7-4-8-15(18)16(14)17/h3-9,12,19H,10H2,1-2H3/t12-/m1/s1. The Labute approximate surface area is 122 Å². The second-order valence-corrected chi connectivity index (χ2v) is 5.52. The van der Waals surface area contributed by atoms with Crippen molar-refractivity contribution in [1.29, 1.82) is 0 Å². The molecule has 0 amide bonds. The first-order valence-electron chi connectivity index (χ1n) is 6.31. The molecule has 0 bridgehead atoms. The number of halogens is 2. The molecule has 0 aliphatic heterocycles. The van der Waals surface area contributed by atoms with Crippen LogP contribution < -0.4 is 5.32 Å². The fourth-order valence-electron chi connectivity index (χ4n) is 2.01. The van der Waals surface area contributed by atoms with Gasteiger partial charge in [0.25, 0.3) is 0 Å². The van der Waals surface area contributed by atoms with Crippen LogP contribution in [0.3, 0.4) is 0 Å². The molecule has 0 unspecified atom stereocenters. The monoisotopic (exact) mass is 321 g/mol. The predicted octanol–water partition coefficient (Wildman–Crippen LogP) is 4.75. The SMILES string of the molecule is Cc1cccc([C@@H](C)NCc2cccc(F)c2Br)c1. The Bertz CT molecular complexity index is 568. The minimum atomic E-state index is -0.220. The Kier molecular flexibility index (Phi) is 4.72. The van der Waals surface area contributed by atoms with Gasteiger partial charge in [-0.05, 0) is 47.0 Å². The maximum Gasteiger partial charge on any atom is 0.137 e. The lowest BCUT2D eigenvalue weighted by atomic mass is 10.1. The fraction of sp³-hybridized carbons (Fsp3) is 0.250. The minimum absolute atomic E-state index is 0.220. The van der Waals surface area contributed by atoms with E-state index in [0.29, 0.717) is 11.0 Å². The third kappa shape index (κ3) is 3.64. The Balaban J connectivity index is 2.04. The predicted molar refractivity (Wildman–Crippen MR) is 80.5 cm³/mol. The lowest BCUT2D eigenvalue weighted by molar-refractivity contribution is 0.566. The summed E-state index contributed by atoms with van der Waals surface area (Å²) in [6, 6.07) is 13.7. The van der Waals surface area contributed by atoms with E-state index in [9.17, 15) is 4.39 Å². The van der Waals surface area contributed by atoms with E-state index in [4.69, 9.17) is 0 Å². The maximum absolute atomic E-state index is 13.4. The quantitative estimate of drug-likeness (QED) is 0.857. The van der Waals surface area contributed by atoms with Crippen LogP contribution in [0.2, 0.25) is 0 Å². The van der Waals surface area contributed by atoms with E-state index in [-0.39, 0.29) is 11.9 Å². The largest absolute Gasteiger partial charge is 0.306 e. The van der Waals surface area contributed by atoms with Crippen molar-refractivity contribution in [1.82, 2.24) is 5.32 Å². The molecule has 0 aliphatic carbocycles. The molecule has 100 valence electrons. The molecule has 0 saturated heterocycles. The van der Waals surface area contributed by atoms with Crippen LogP contribution in [0.4, 0.5) is 4.39 Å². The van der Waals surface area contributed by atoms with Gasteiger partial charge < -0.3 is 5.32 Å². The molecule has 0 fully saturated rings. The van der Waals surface area contributed by atoms with E-state index < -0.39 is 0 Å². The van der Waals surface area contributed by atoms with Gasteiger partial charge in [-0.25, -0.2) is 4.39 Å². The third-order valence-electron chi connectivity index (χ3n) is 3.17. The summed E-state index contributed by atoms with van der Waals surface area (Å²) in [5, 5.41) is 3.41. The Morgan fingerprint density at radius 1 is 1.21 bits per heavy atom. The number of benzene rings is 2. The molecular formula is C16H17BrFN. The van der Waals surface area contributed by atoms with Gasteiger partial charge in [0, 0.05) is 12.6 Å². The summed E-state index contributed by atoms with van der Waals surface area (Å²) >= 11 is 3.28. The van der Waals surface area contributed by atoms with Crippen molar-refractivity contribution in [2.75, 3.05) is 0 Å². The van der Waals surface area contributed by atoms with Crippen LogP contribution in [-0.4, -0.2) is 0 Å². The van der Waals surface area contributed by atoms with Crippen LogP contribution >= 0.6 is 15.9 Å². The smallest absolute Gasteiger partial charge is 0.137 e. The molecule has 0 aromatic heterocycles. The molecular weight excluding hydrogens is 305 g/mol. The molecule has 1 nitrogen and oxygen atoms in total. The summed E-state index contributed by atoms with van der Waals surface area (Å²) in [7, 11) is 0. The number of aryl methyl sites for hydroxylation is 1. The summed E-state index contributed by atoms with van der Waals surface area (Å²) in [5.41, 5.74) is 3.42. The summed E-state index contributed by atoms with van der Waals surface area (Å²) in [6.07, 6.45) is 0. The average Bonchev–Trinajstić information content (AvgIpc) is 2.40. The van der Waals surface area contributed by atoms with E-state index in [1.54, 1.807) is 6.07 Å². The minimum Gasteiger partial charge on any atom is -0.306 e. The topological polar surface area (TPSA) is 12.0 Å². The van der Waals surface area contributed by atoms with Crippen LogP contribution in [0.15, 0.2) is 46.9 Å². The first kappa shape index (κ1) is 14.2. The average molecular weight is 322 g/mol. The lowest BCUT2D eigenvalue weighted by Crippen LogP contribution is -2.18. The molecule has 1 atom stereocenters. The Morgan fingerprint density at radius 2 is 1.95 bits per heavy atom. The van der Waals surface area contributed by atoms with Crippen molar-refractivity contribution in [2.45, 2.75) is 26.4 Å². The number of hydrogen-bond acceptors (Lipinski definition) is 1. The van der Waals surface area contributed by atoms with E-state index in [2.05, 4.69) is 59.4 Å². The molecule has 3 heteroatoms. The van der Waals surface area contributed by atoms with Crippen molar-refractivity contribution >= 4 is 15.9 Å². The van der Waals surface area contributed by atoms with Crippen molar-refractivity contribution in [3.8, 4) is 0 Å². The Morgan fingerprint density at radius 3 is 2.68 bits per heavy atom. The van der Waals surface area contributed by atoms with E-state index >= 15 is 0 Å². The van der Waals surface area contributed by atoms with Crippen LogP contribution in [0.1, 0.15) is 29.7 Å². The van der Waals surface area contributed by atoms with Gasteiger partial charge in [-0.3, -0.25) is 0 Å². The molecule has 1 N–H and O–H groups in total. The first-order valence-corrected chi connectivity index (χ1v) is 7.10. The number of nitrogens with one attached hydrogen (secondary N) is 1. The highest BCUT2D eigenvalue weighted by atomic mass is 79.9. The van der Waals surface area contributed by atoms with Gasteiger partial charge in [-0.2, -0.15) is 0 Å². The van der Waals surface area contributed by atoms with Gasteiger partial charge >= 0.3 is 0 Å². The normalized spacial score (nSPS) is 12.4. The van der Waals surface area contributed by atoms with Crippen molar-refractivity contribution in [3.63, 3.8) is 0 Å². The molecule has 0 aliphatic rings. The van der Waals surface area contributed by atoms with Crippen LogP contribution in [-0.2, 0) is 6.54 Å². The summed E-state index contributed by atoms with van der Waals surface area (Å²) in [6.45, 7) is 4.83. The van der Waals surface area contributed by atoms with Crippen molar-refractivity contribution in [2.24, 2.45) is 0 Å². The Hall–Kier alpha value is -1.19. The number of hydrogen-bond donors (Lipinski definition) is 1. The van der Waals surface area contributed by atoms with Gasteiger partial charge in [-0.15, -0.1) is 0 Å². The molecule has 2 aromatic rings. The second-order valence-electron chi connectivity index (χ2n) is 4.73. The highest BCUT2D eigenvalue weighted by Crippen LogP contribution is 2.21. The van der Waals surface area contributed by atoms with Crippen molar-refractivity contribution < 1.29 is 4.39 Å². The van der Waals surface area contributed by atoms with Gasteiger partial charge in [-0.1, -0.05) is 42.0 Å². The van der Waals surface area contributed by atoms with Gasteiger partial charge in [0.15, 0.2) is 0 Å². The summed E-state index contributed by atoms with van der Waals surface area (Å²) in [5.74, 6) is -0.220. The molecule has 0 spiro atoms. The van der Waals surface area contributed by atoms with E-state index in [1.165, 1.54) is 17.2 Å². The molecule has 0 heterocycles. The highest BCUT2D eigenvalue weighted by molar-refractivity contribution is 9.10. The molecule has 2 aromatic carbocycles. The van der Waals surface area contributed by atoms with Gasteiger partial charge in [0.2, 0.25) is 0 Å². The van der Waals surface area contributed by atoms with Crippen LogP contribution in [0, 0.1) is 12.7 Å². The maximum atomic E-state index is 13.4. The number of rotatable bonds is 4. The van der Waals surface area contributed by atoms with Crippen LogP contribution in [0.25, 0.3) is 0 Å². The molecule has 0 saturated carbocycles. The van der Waals surface area contributed by atoms with E-state index in [0.717, 1.165) is 5.56 Å². The van der Waals surface area contributed by atoms with Crippen molar-refractivity contribution in [3.05, 3.63) is 69.4 Å². The third-order valence-corrected chi connectivity index (χ3v) is 4.06. The van der Waals surface area contributed by atoms with Gasteiger partial charge in [0.1, 0.15) is 5.82 Å². The van der Waals surface area contributed by atoms with Gasteiger partial charge in [0.05, 0.1) is 4.47 Å². The first-order chi connectivity index (χ1) is 9.08. The fourth-order valence-corrected chi connectivity index (χ4v) is 2.41. The zero-order valence-corrected chi connectivity index (χ0v) is 12.7. The summed E-state index contributed by atoms with van der Waals surface area (Å²) < 4.78 is 13.9.